The molecule has 3 aromatic carbocycles. The fourth-order valence-corrected chi connectivity index (χ4v) is 2.60. The molecule has 4 rings (SSSR count). The summed E-state index contributed by atoms with van der Waals surface area (Å²) in [6.45, 7) is -0.0107. The van der Waals surface area contributed by atoms with Crippen molar-refractivity contribution in [1.29, 1.82) is 0 Å². The van der Waals surface area contributed by atoms with E-state index in [1.807, 2.05) is 78.9 Å². The van der Waals surface area contributed by atoms with Crippen molar-refractivity contribution in [2.75, 3.05) is 0 Å². The van der Waals surface area contributed by atoms with Gasteiger partial charge >= 0.3 is 0 Å². The first-order valence-electron chi connectivity index (χ1n) is 8.71. The maximum Gasteiger partial charge on any atom is 0.263 e. The lowest BCUT2D eigenvalue weighted by Crippen LogP contribution is -2.24. The van der Waals surface area contributed by atoms with Gasteiger partial charge in [-0.05, 0) is 42.0 Å². The van der Waals surface area contributed by atoms with Crippen molar-refractivity contribution in [3.8, 4) is 11.5 Å². The maximum atomic E-state index is 12.0. The first-order chi connectivity index (χ1) is 13.8. The summed E-state index contributed by atoms with van der Waals surface area (Å²) < 4.78 is 5.79. The van der Waals surface area contributed by atoms with Crippen LogP contribution in [-0.2, 0) is 11.3 Å². The van der Waals surface area contributed by atoms with Crippen molar-refractivity contribution in [2.24, 2.45) is 5.10 Å². The highest BCUT2D eigenvalue weighted by atomic mass is 16.5. The van der Waals surface area contributed by atoms with Crippen LogP contribution in [0.2, 0.25) is 0 Å². The quantitative estimate of drug-likeness (QED) is 0.416. The molecule has 138 valence electrons. The second kappa shape index (κ2) is 8.13. The molecule has 1 aromatic heterocycles. The van der Waals surface area contributed by atoms with Crippen LogP contribution in [0.25, 0.3) is 11.0 Å². The van der Waals surface area contributed by atoms with E-state index in [4.69, 9.17) is 4.74 Å². The monoisotopic (exact) mass is 371 g/mol. The highest BCUT2D eigenvalue weighted by molar-refractivity contribution is 5.83. The Morgan fingerprint density at radius 1 is 0.929 bits per heavy atom. The minimum Gasteiger partial charge on any atom is -0.457 e. The standard InChI is InChI=1S/C21H17N5O2/c27-21(15-26-24-19-11-4-5-12-20(19)25-26)23-22-14-16-7-6-10-18(13-16)28-17-8-2-1-3-9-17/h1-14H,15H2,(H,23,27)/b22-14+. The molecule has 0 unspecified atom stereocenters. The lowest BCUT2D eigenvalue weighted by molar-refractivity contribution is -0.122. The fraction of sp³-hybridized carbons (Fsp3) is 0.0476. The van der Waals surface area contributed by atoms with E-state index in [0.717, 1.165) is 22.3 Å². The van der Waals surface area contributed by atoms with Gasteiger partial charge in [0.1, 0.15) is 29.1 Å². The zero-order valence-electron chi connectivity index (χ0n) is 14.9. The highest BCUT2D eigenvalue weighted by Crippen LogP contribution is 2.21. The SMILES string of the molecule is O=C(Cn1nc2ccccc2n1)N/N=C/c1cccc(Oc2ccccc2)c1. The molecule has 4 aromatic rings. The van der Waals surface area contributed by atoms with Crippen LogP contribution in [0.4, 0.5) is 0 Å². The molecular formula is C21H17N5O2. The third-order valence-corrected chi connectivity index (χ3v) is 3.85. The van der Waals surface area contributed by atoms with Gasteiger partial charge in [-0.2, -0.15) is 20.1 Å². The number of hydrogen-bond acceptors (Lipinski definition) is 5. The number of carbonyl (C=O) groups excluding carboxylic acids is 1. The Morgan fingerprint density at radius 3 is 2.36 bits per heavy atom. The topological polar surface area (TPSA) is 81.4 Å². The van der Waals surface area contributed by atoms with E-state index in [-0.39, 0.29) is 12.5 Å². The molecule has 1 amide bonds. The summed E-state index contributed by atoms with van der Waals surface area (Å²) >= 11 is 0. The summed E-state index contributed by atoms with van der Waals surface area (Å²) in [7, 11) is 0. The van der Waals surface area contributed by atoms with Gasteiger partial charge in [0.15, 0.2) is 0 Å². The van der Waals surface area contributed by atoms with E-state index in [1.165, 1.54) is 4.80 Å². The van der Waals surface area contributed by atoms with Crippen molar-refractivity contribution >= 4 is 23.2 Å². The number of hydrogen-bond donors (Lipinski definition) is 1. The molecule has 0 fully saturated rings. The summed E-state index contributed by atoms with van der Waals surface area (Å²) in [6.07, 6.45) is 1.56. The van der Waals surface area contributed by atoms with Crippen LogP contribution in [0.1, 0.15) is 5.56 Å². The minimum absolute atomic E-state index is 0.0107. The molecule has 0 saturated heterocycles. The largest absolute Gasteiger partial charge is 0.457 e. The summed E-state index contributed by atoms with van der Waals surface area (Å²) in [6, 6.07) is 24.4. The van der Waals surface area contributed by atoms with E-state index < -0.39 is 0 Å². The van der Waals surface area contributed by atoms with E-state index in [0.29, 0.717) is 5.75 Å². The van der Waals surface area contributed by atoms with Crippen LogP contribution in [0.5, 0.6) is 11.5 Å². The zero-order chi connectivity index (χ0) is 19.2. The van der Waals surface area contributed by atoms with E-state index in [1.54, 1.807) is 6.21 Å². The van der Waals surface area contributed by atoms with Crippen LogP contribution >= 0.6 is 0 Å². The zero-order valence-corrected chi connectivity index (χ0v) is 14.9. The van der Waals surface area contributed by atoms with Crippen LogP contribution in [0.3, 0.4) is 0 Å². The summed E-state index contributed by atoms with van der Waals surface area (Å²) in [5.41, 5.74) is 4.77. The number of para-hydroxylation sites is 1. The number of ether oxygens (including phenoxy) is 1. The number of aromatic nitrogens is 3. The molecule has 0 aliphatic heterocycles. The van der Waals surface area contributed by atoms with Gasteiger partial charge in [0.05, 0.1) is 6.21 Å². The van der Waals surface area contributed by atoms with Crippen LogP contribution in [-0.4, -0.2) is 27.1 Å². The second-order valence-electron chi connectivity index (χ2n) is 6.00. The Kier molecular flexibility index (Phi) is 5.06. The molecule has 0 atom stereocenters. The van der Waals surface area contributed by atoms with Crippen molar-refractivity contribution < 1.29 is 9.53 Å². The number of fused-ring (bicyclic) bond motifs is 1. The van der Waals surface area contributed by atoms with E-state index in [2.05, 4.69) is 20.7 Å². The van der Waals surface area contributed by atoms with Crippen molar-refractivity contribution in [1.82, 2.24) is 20.4 Å². The van der Waals surface area contributed by atoms with E-state index in [9.17, 15) is 4.79 Å². The molecule has 0 spiro atoms. The van der Waals surface area contributed by atoms with Gasteiger partial charge in [-0.25, -0.2) is 5.43 Å². The molecule has 0 saturated carbocycles. The normalized spacial score (nSPS) is 11.0. The molecule has 0 bridgehead atoms. The predicted molar refractivity (Wildman–Crippen MR) is 106 cm³/mol. The highest BCUT2D eigenvalue weighted by Gasteiger charge is 2.06. The first-order valence-corrected chi connectivity index (χ1v) is 8.71. The smallest absolute Gasteiger partial charge is 0.263 e. The molecule has 1 heterocycles. The Labute approximate surface area is 161 Å². The van der Waals surface area contributed by atoms with Gasteiger partial charge in [0.2, 0.25) is 0 Å². The third-order valence-electron chi connectivity index (χ3n) is 3.85. The number of benzene rings is 3. The summed E-state index contributed by atoms with van der Waals surface area (Å²) in [5, 5.41) is 12.5. The van der Waals surface area contributed by atoms with Crippen molar-refractivity contribution in [3.63, 3.8) is 0 Å². The third kappa shape index (κ3) is 4.39. The Morgan fingerprint density at radius 2 is 1.61 bits per heavy atom. The lowest BCUT2D eigenvalue weighted by Gasteiger charge is -2.05. The molecule has 0 radical (unpaired) electrons. The second-order valence-corrected chi connectivity index (χ2v) is 6.00. The Balaban J connectivity index is 1.35. The number of rotatable bonds is 6. The number of amides is 1. The number of nitrogens with zero attached hydrogens (tertiary/aromatic N) is 4. The van der Waals surface area contributed by atoms with E-state index >= 15 is 0 Å². The van der Waals surface area contributed by atoms with Crippen molar-refractivity contribution in [2.45, 2.75) is 6.54 Å². The molecule has 7 nitrogen and oxygen atoms in total. The first kappa shape index (κ1) is 17.4. The maximum absolute atomic E-state index is 12.0. The molecular weight excluding hydrogens is 354 g/mol. The number of hydrazone groups is 1. The van der Waals surface area contributed by atoms with Gasteiger partial charge < -0.3 is 4.74 Å². The summed E-state index contributed by atoms with van der Waals surface area (Å²) in [5.74, 6) is 1.13. The fourth-order valence-electron chi connectivity index (χ4n) is 2.60. The van der Waals surface area contributed by atoms with Crippen molar-refractivity contribution in [3.05, 3.63) is 84.4 Å². The number of carbonyl (C=O) groups is 1. The Bertz CT molecular complexity index is 1090. The average Bonchev–Trinajstić information content (AvgIpc) is 3.11. The van der Waals surface area contributed by atoms with Gasteiger partial charge in [-0.15, -0.1) is 0 Å². The van der Waals surface area contributed by atoms with Gasteiger partial charge in [0, 0.05) is 0 Å². The molecule has 0 aliphatic rings. The summed E-state index contributed by atoms with van der Waals surface area (Å²) in [4.78, 5) is 13.4. The predicted octanol–water partition coefficient (Wildman–Crippen LogP) is 3.37. The minimum atomic E-state index is -0.312. The van der Waals surface area contributed by atoms with Gasteiger partial charge in [-0.3, -0.25) is 4.79 Å². The number of nitrogens with one attached hydrogen (secondary N) is 1. The molecule has 7 heteroatoms. The molecule has 28 heavy (non-hydrogen) atoms. The average molecular weight is 371 g/mol. The van der Waals surface area contributed by atoms with Gasteiger partial charge in [-0.1, -0.05) is 42.5 Å². The molecule has 0 aliphatic carbocycles. The Hall–Kier alpha value is -4.00. The lowest BCUT2D eigenvalue weighted by atomic mass is 10.2. The molecule has 1 N–H and O–H groups in total. The van der Waals surface area contributed by atoms with Crippen LogP contribution in [0, 0.1) is 0 Å². The van der Waals surface area contributed by atoms with Crippen LogP contribution in [0.15, 0.2) is 84.0 Å². The van der Waals surface area contributed by atoms with Gasteiger partial charge in [0.25, 0.3) is 5.91 Å². The van der Waals surface area contributed by atoms with Crippen LogP contribution < -0.4 is 10.2 Å².